The third-order valence-corrected chi connectivity index (χ3v) is 3.72. The normalized spacial score (nSPS) is 13.3. The van der Waals surface area contributed by atoms with Gasteiger partial charge in [0.1, 0.15) is 10.8 Å². The van der Waals surface area contributed by atoms with Gasteiger partial charge in [0.05, 0.1) is 11.7 Å². The quantitative estimate of drug-likeness (QED) is 0.907. The highest BCUT2D eigenvalue weighted by atomic mass is 32.1. The fraction of sp³-hybridized carbons (Fsp3) is 0.429. The van der Waals surface area contributed by atoms with Crippen molar-refractivity contribution in [2.45, 2.75) is 39.2 Å². The van der Waals surface area contributed by atoms with E-state index in [0.717, 1.165) is 16.5 Å². The Bertz CT molecular complexity index is 499. The van der Waals surface area contributed by atoms with Crippen LogP contribution < -0.4 is 5.32 Å². The number of nitrogens with one attached hydrogen (secondary N) is 1. The topological polar surface area (TPSA) is 37.8 Å². The highest BCUT2D eigenvalue weighted by Gasteiger charge is 2.19. The Morgan fingerprint density at radius 1 is 1.28 bits per heavy atom. The standard InChI is InChI=1S/C14H19N3S/c1-10(16-12-7-5-6-8-15-12)13-17-11(9-18-13)14(2,3)4/h5-10H,1-4H3,(H,15,16). The van der Waals surface area contributed by atoms with Gasteiger partial charge in [0.2, 0.25) is 0 Å². The number of anilines is 1. The molecule has 2 rings (SSSR count). The largest absolute Gasteiger partial charge is 0.361 e. The first-order valence-electron chi connectivity index (χ1n) is 6.10. The fourth-order valence-electron chi connectivity index (χ4n) is 1.56. The molecule has 1 N–H and O–H groups in total. The van der Waals surface area contributed by atoms with Crippen molar-refractivity contribution in [3.8, 4) is 0 Å². The molecule has 2 aromatic heterocycles. The van der Waals surface area contributed by atoms with Crippen LogP contribution in [0.1, 0.15) is 44.4 Å². The van der Waals surface area contributed by atoms with Gasteiger partial charge >= 0.3 is 0 Å². The molecule has 0 aliphatic heterocycles. The predicted molar refractivity (Wildman–Crippen MR) is 77.1 cm³/mol. The lowest BCUT2D eigenvalue weighted by atomic mass is 9.93. The van der Waals surface area contributed by atoms with Crippen LogP contribution in [0, 0.1) is 0 Å². The summed E-state index contributed by atoms with van der Waals surface area (Å²) in [5.41, 5.74) is 1.26. The van der Waals surface area contributed by atoms with Gasteiger partial charge < -0.3 is 5.32 Å². The molecule has 0 fully saturated rings. The second kappa shape index (κ2) is 5.06. The molecule has 0 saturated carbocycles. The summed E-state index contributed by atoms with van der Waals surface area (Å²) in [6.07, 6.45) is 1.79. The zero-order chi connectivity index (χ0) is 13.2. The molecule has 4 heteroatoms. The van der Waals surface area contributed by atoms with Crippen molar-refractivity contribution in [2.75, 3.05) is 5.32 Å². The van der Waals surface area contributed by atoms with Crippen molar-refractivity contribution >= 4 is 17.2 Å². The molecule has 2 aromatic rings. The third-order valence-electron chi connectivity index (χ3n) is 2.69. The van der Waals surface area contributed by atoms with E-state index in [-0.39, 0.29) is 11.5 Å². The Labute approximate surface area is 112 Å². The minimum absolute atomic E-state index is 0.111. The van der Waals surface area contributed by atoms with Crippen molar-refractivity contribution < 1.29 is 0 Å². The summed E-state index contributed by atoms with van der Waals surface area (Å²) in [4.78, 5) is 8.97. The number of hydrogen-bond donors (Lipinski definition) is 1. The Morgan fingerprint density at radius 3 is 2.61 bits per heavy atom. The molecule has 0 bridgehead atoms. The van der Waals surface area contributed by atoms with Gasteiger partial charge in [0.25, 0.3) is 0 Å². The van der Waals surface area contributed by atoms with Gasteiger partial charge in [0, 0.05) is 17.0 Å². The minimum atomic E-state index is 0.111. The molecule has 0 spiro atoms. The summed E-state index contributed by atoms with van der Waals surface area (Å²) >= 11 is 1.70. The third kappa shape index (κ3) is 3.07. The van der Waals surface area contributed by atoms with Crippen LogP contribution in [0.4, 0.5) is 5.82 Å². The molecule has 96 valence electrons. The highest BCUT2D eigenvalue weighted by molar-refractivity contribution is 7.09. The summed E-state index contributed by atoms with van der Waals surface area (Å²) in [6, 6.07) is 6.04. The number of aromatic nitrogens is 2. The maximum absolute atomic E-state index is 4.71. The van der Waals surface area contributed by atoms with Crippen LogP contribution in [0.3, 0.4) is 0 Å². The predicted octanol–water partition coefficient (Wildman–Crippen LogP) is 4.01. The monoisotopic (exact) mass is 261 g/mol. The van der Waals surface area contributed by atoms with Crippen LogP contribution in [0.2, 0.25) is 0 Å². The van der Waals surface area contributed by atoms with E-state index in [9.17, 15) is 0 Å². The lowest BCUT2D eigenvalue weighted by Crippen LogP contribution is -2.13. The number of pyridine rings is 1. The molecule has 0 amide bonds. The molecule has 3 nitrogen and oxygen atoms in total. The van der Waals surface area contributed by atoms with Crippen molar-refractivity contribution in [3.05, 3.63) is 40.5 Å². The van der Waals surface area contributed by atoms with Gasteiger partial charge in [0.15, 0.2) is 0 Å². The second-order valence-corrected chi connectivity index (χ2v) is 6.29. The molecule has 0 radical (unpaired) electrons. The molecule has 0 aliphatic rings. The first-order valence-corrected chi connectivity index (χ1v) is 6.98. The SMILES string of the molecule is CC(Nc1ccccn1)c1nc(C(C)(C)C)cs1. The van der Waals surface area contributed by atoms with Gasteiger partial charge in [-0.25, -0.2) is 9.97 Å². The lowest BCUT2D eigenvalue weighted by molar-refractivity contribution is 0.569. The van der Waals surface area contributed by atoms with Crippen molar-refractivity contribution in [2.24, 2.45) is 0 Å². The fourth-order valence-corrected chi connectivity index (χ4v) is 2.62. The molecular formula is C14H19N3S. The summed E-state index contributed by atoms with van der Waals surface area (Å²) in [7, 11) is 0. The lowest BCUT2D eigenvalue weighted by Gasteiger charge is -2.15. The first-order chi connectivity index (χ1) is 8.47. The van der Waals surface area contributed by atoms with Gasteiger partial charge in [-0.2, -0.15) is 0 Å². The molecule has 18 heavy (non-hydrogen) atoms. The Kier molecular flexibility index (Phi) is 3.66. The molecule has 0 aliphatic carbocycles. The second-order valence-electron chi connectivity index (χ2n) is 5.40. The van der Waals surface area contributed by atoms with Gasteiger partial charge in [-0.15, -0.1) is 11.3 Å². The zero-order valence-corrected chi connectivity index (χ0v) is 12.1. The Hall–Kier alpha value is -1.42. The van der Waals surface area contributed by atoms with Crippen molar-refractivity contribution in [3.63, 3.8) is 0 Å². The number of thiazole rings is 1. The summed E-state index contributed by atoms with van der Waals surface area (Å²) < 4.78 is 0. The highest BCUT2D eigenvalue weighted by Crippen LogP contribution is 2.27. The molecule has 1 unspecified atom stereocenters. The zero-order valence-electron chi connectivity index (χ0n) is 11.3. The van der Waals surface area contributed by atoms with Gasteiger partial charge in [-0.05, 0) is 19.1 Å². The Balaban J connectivity index is 2.10. The van der Waals surface area contributed by atoms with E-state index in [1.165, 1.54) is 0 Å². The number of nitrogens with zero attached hydrogens (tertiary/aromatic N) is 2. The van der Waals surface area contributed by atoms with E-state index < -0.39 is 0 Å². The van der Waals surface area contributed by atoms with Crippen LogP contribution in [-0.2, 0) is 5.41 Å². The van der Waals surface area contributed by atoms with E-state index in [0.29, 0.717) is 0 Å². The first kappa shape index (κ1) is 13.0. The molecule has 2 heterocycles. The van der Waals surface area contributed by atoms with Crippen LogP contribution in [-0.4, -0.2) is 9.97 Å². The molecule has 0 saturated heterocycles. The average molecular weight is 261 g/mol. The molecule has 1 atom stereocenters. The van der Waals surface area contributed by atoms with Gasteiger partial charge in [-0.1, -0.05) is 26.8 Å². The van der Waals surface area contributed by atoms with Crippen LogP contribution >= 0.6 is 11.3 Å². The summed E-state index contributed by atoms with van der Waals surface area (Å²) in [5, 5.41) is 6.61. The number of hydrogen-bond acceptors (Lipinski definition) is 4. The van der Waals surface area contributed by atoms with E-state index in [1.807, 2.05) is 18.2 Å². The van der Waals surface area contributed by atoms with Crippen LogP contribution in [0.25, 0.3) is 0 Å². The number of rotatable bonds is 3. The minimum Gasteiger partial charge on any atom is -0.361 e. The van der Waals surface area contributed by atoms with E-state index in [4.69, 9.17) is 4.98 Å². The van der Waals surface area contributed by atoms with Crippen LogP contribution in [0.5, 0.6) is 0 Å². The maximum atomic E-state index is 4.71. The smallest absolute Gasteiger partial charge is 0.126 e. The molecule has 0 aromatic carbocycles. The van der Waals surface area contributed by atoms with Crippen molar-refractivity contribution in [1.29, 1.82) is 0 Å². The van der Waals surface area contributed by atoms with Gasteiger partial charge in [-0.3, -0.25) is 0 Å². The average Bonchev–Trinajstić information content (AvgIpc) is 2.79. The summed E-state index contributed by atoms with van der Waals surface area (Å²) in [6.45, 7) is 8.66. The van der Waals surface area contributed by atoms with E-state index in [2.05, 4.69) is 43.4 Å². The van der Waals surface area contributed by atoms with E-state index in [1.54, 1.807) is 17.5 Å². The maximum Gasteiger partial charge on any atom is 0.126 e. The van der Waals surface area contributed by atoms with E-state index >= 15 is 0 Å². The summed E-state index contributed by atoms with van der Waals surface area (Å²) in [5.74, 6) is 0.887. The Morgan fingerprint density at radius 2 is 2.06 bits per heavy atom. The van der Waals surface area contributed by atoms with Crippen molar-refractivity contribution in [1.82, 2.24) is 9.97 Å². The molecular weight excluding hydrogens is 242 g/mol. The van der Waals surface area contributed by atoms with Crippen LogP contribution in [0.15, 0.2) is 29.8 Å².